The van der Waals surface area contributed by atoms with Gasteiger partial charge in [0, 0.05) is 69.5 Å². The zero-order chi connectivity index (χ0) is 41.0. The van der Waals surface area contributed by atoms with Gasteiger partial charge in [-0.15, -0.1) is 0 Å². The molecule has 1 atom stereocenters. The Labute approximate surface area is 341 Å². The fraction of sp³-hybridized carbons (Fsp3) is 0.458. The zero-order valence-electron chi connectivity index (χ0n) is 36.2. The summed E-state index contributed by atoms with van der Waals surface area (Å²) in [6.45, 7) is 21.6. The zero-order valence-corrected chi connectivity index (χ0v) is 37.0. The molecule has 7 nitrogen and oxygen atoms in total. The molecular weight excluding hydrogens is 711 g/mol. The lowest BCUT2D eigenvalue weighted by atomic mass is 9.76. The van der Waals surface area contributed by atoms with Gasteiger partial charge in [0.1, 0.15) is 10.5 Å². The number of ether oxygens (including phenoxy) is 1. The number of thioether (sulfide) groups is 1. The number of rotatable bonds is 15. The molecule has 0 saturated carbocycles. The van der Waals surface area contributed by atoms with Crippen LogP contribution in [0.4, 0.5) is 22.7 Å². The molecule has 1 amide bonds. The smallest absolute Gasteiger partial charge is 0.266 e. The van der Waals surface area contributed by atoms with Crippen molar-refractivity contribution in [3.05, 3.63) is 113 Å². The Morgan fingerprint density at radius 3 is 1.75 bits per heavy atom. The van der Waals surface area contributed by atoms with Crippen LogP contribution >= 0.6 is 11.8 Å². The van der Waals surface area contributed by atoms with Crippen molar-refractivity contribution >= 4 is 45.6 Å². The second-order valence-corrected chi connectivity index (χ2v) is 17.8. The van der Waals surface area contributed by atoms with Crippen LogP contribution in [0.15, 0.2) is 89.9 Å². The summed E-state index contributed by atoms with van der Waals surface area (Å²) in [7, 11) is 8.23. The first-order valence-corrected chi connectivity index (χ1v) is 21.2. The minimum Gasteiger partial charge on any atom is -0.480 e. The van der Waals surface area contributed by atoms with Gasteiger partial charge in [0.05, 0.1) is 5.69 Å². The van der Waals surface area contributed by atoms with Gasteiger partial charge in [-0.2, -0.15) is 0 Å². The lowest BCUT2D eigenvalue weighted by Crippen LogP contribution is -2.43. The largest absolute Gasteiger partial charge is 0.480 e. The molecule has 1 heterocycles. The van der Waals surface area contributed by atoms with Crippen LogP contribution in [0.25, 0.3) is 0 Å². The molecule has 56 heavy (non-hydrogen) atoms. The monoisotopic (exact) mass is 775 g/mol. The maximum atomic E-state index is 14.5. The van der Waals surface area contributed by atoms with Crippen LogP contribution in [-0.2, 0) is 20.4 Å². The third kappa shape index (κ3) is 8.61. The van der Waals surface area contributed by atoms with Crippen molar-refractivity contribution in [1.29, 1.82) is 0 Å². The summed E-state index contributed by atoms with van der Waals surface area (Å²) < 4.78 is 6.03. The van der Waals surface area contributed by atoms with Gasteiger partial charge in [-0.1, -0.05) is 103 Å². The SMILES string of the molecule is CCC(Oc1ccc(C(C)(C)CC)cc1C(C)(C)CC)C(=O)NC1=Nc2cc(N(CC)CC)ccc2C(c2ccc(N(C)C)cc2)(c2ccc(N(C)C)cc2)S1. The number of amides is 1. The van der Waals surface area contributed by atoms with E-state index in [2.05, 4.69) is 189 Å². The minimum absolute atomic E-state index is 0.0303. The Balaban J connectivity index is 1.63. The number of carbonyl (C=O) groups is 1. The predicted octanol–water partition coefficient (Wildman–Crippen LogP) is 11.0. The average Bonchev–Trinajstić information content (AvgIpc) is 3.19. The molecule has 0 bridgehead atoms. The molecule has 1 unspecified atom stereocenters. The van der Waals surface area contributed by atoms with E-state index >= 15 is 0 Å². The van der Waals surface area contributed by atoms with Gasteiger partial charge in [0.15, 0.2) is 11.3 Å². The molecule has 0 spiro atoms. The maximum absolute atomic E-state index is 14.5. The standard InChI is InChI=1S/C48H65N5O2S/c1-14-42(55-43-30-23-35(46(6,7)15-2)31-40(43)47(8,9)16-3)44(54)50-45-49-41-32-38(53(17-4)18-5)28-29-39(41)48(56-45,33-19-24-36(25-20-33)51(10)11)34-21-26-37(27-22-34)52(12)13/h19-32,42H,14-18H2,1-13H3,(H,49,50,54). The number of aliphatic imine (C=N–C) groups is 1. The Hall–Kier alpha value is -4.43. The summed E-state index contributed by atoms with van der Waals surface area (Å²) in [5, 5.41) is 3.84. The van der Waals surface area contributed by atoms with Crippen molar-refractivity contribution in [1.82, 2.24) is 5.32 Å². The minimum atomic E-state index is -0.716. The molecule has 5 rings (SSSR count). The number of nitrogens with one attached hydrogen (secondary N) is 1. The summed E-state index contributed by atoms with van der Waals surface area (Å²) in [4.78, 5) is 26.3. The van der Waals surface area contributed by atoms with Gasteiger partial charge in [0.25, 0.3) is 5.91 Å². The van der Waals surface area contributed by atoms with Crippen LogP contribution in [0.5, 0.6) is 5.75 Å². The normalized spacial score (nSPS) is 14.3. The average molecular weight is 776 g/mol. The molecule has 8 heteroatoms. The molecule has 1 N–H and O–H groups in total. The van der Waals surface area contributed by atoms with E-state index in [-0.39, 0.29) is 16.7 Å². The number of hydrogen-bond acceptors (Lipinski definition) is 7. The van der Waals surface area contributed by atoms with Gasteiger partial charge in [-0.05, 0) is 103 Å². The first-order chi connectivity index (χ1) is 26.5. The predicted molar refractivity (Wildman–Crippen MR) is 242 cm³/mol. The molecule has 0 radical (unpaired) electrons. The summed E-state index contributed by atoms with van der Waals surface area (Å²) in [6, 6.07) is 30.7. The number of benzene rings is 4. The molecule has 4 aromatic rings. The van der Waals surface area contributed by atoms with E-state index in [1.54, 1.807) is 11.8 Å². The van der Waals surface area contributed by atoms with Crippen molar-refractivity contribution in [2.75, 3.05) is 56.0 Å². The Bertz CT molecular complexity index is 1940. The summed E-state index contributed by atoms with van der Waals surface area (Å²) in [5.41, 5.74) is 9.78. The van der Waals surface area contributed by atoms with Gasteiger partial charge >= 0.3 is 0 Å². The highest BCUT2D eigenvalue weighted by atomic mass is 32.2. The van der Waals surface area contributed by atoms with Crippen molar-refractivity contribution < 1.29 is 9.53 Å². The van der Waals surface area contributed by atoms with Crippen LogP contribution < -0.4 is 24.8 Å². The second-order valence-electron chi connectivity index (χ2n) is 16.6. The third-order valence-electron chi connectivity index (χ3n) is 12.0. The summed E-state index contributed by atoms with van der Waals surface area (Å²) in [5.74, 6) is 0.554. The summed E-state index contributed by atoms with van der Waals surface area (Å²) >= 11 is 1.58. The number of nitrogens with zero attached hydrogens (tertiary/aromatic N) is 4. The van der Waals surface area contributed by atoms with Gasteiger partial charge in [0.2, 0.25) is 0 Å². The van der Waals surface area contributed by atoms with Crippen LogP contribution in [-0.4, -0.2) is 58.5 Å². The number of amidine groups is 1. The lowest BCUT2D eigenvalue weighted by Gasteiger charge is -2.39. The molecule has 300 valence electrons. The van der Waals surface area contributed by atoms with Crippen LogP contribution in [0.3, 0.4) is 0 Å². The number of anilines is 3. The highest BCUT2D eigenvalue weighted by molar-refractivity contribution is 8.15. The number of fused-ring (bicyclic) bond motifs is 1. The van der Waals surface area contributed by atoms with E-state index in [0.29, 0.717) is 11.6 Å². The van der Waals surface area contributed by atoms with E-state index in [1.807, 2.05) is 6.92 Å². The molecule has 0 aliphatic carbocycles. The summed E-state index contributed by atoms with van der Waals surface area (Å²) in [6.07, 6.45) is 1.76. The quantitative estimate of drug-likeness (QED) is 0.130. The van der Waals surface area contributed by atoms with Crippen LogP contribution in [0, 0.1) is 0 Å². The van der Waals surface area contributed by atoms with E-state index in [4.69, 9.17) is 9.73 Å². The Kier molecular flexibility index (Phi) is 13.2. The first-order valence-electron chi connectivity index (χ1n) is 20.4. The van der Waals surface area contributed by atoms with Crippen molar-refractivity contribution in [2.24, 2.45) is 4.99 Å². The Morgan fingerprint density at radius 1 is 0.732 bits per heavy atom. The highest BCUT2D eigenvalue weighted by Gasteiger charge is 2.44. The molecule has 0 aromatic heterocycles. The molecule has 0 fully saturated rings. The molecule has 0 saturated heterocycles. The molecule has 1 aliphatic heterocycles. The fourth-order valence-corrected chi connectivity index (χ4v) is 8.68. The van der Waals surface area contributed by atoms with Gasteiger partial charge < -0.3 is 24.8 Å². The van der Waals surface area contributed by atoms with Crippen molar-refractivity contribution in [3.63, 3.8) is 0 Å². The topological polar surface area (TPSA) is 60.4 Å². The maximum Gasteiger partial charge on any atom is 0.266 e. The third-order valence-corrected chi connectivity index (χ3v) is 13.3. The van der Waals surface area contributed by atoms with Gasteiger partial charge in [-0.3, -0.25) is 4.79 Å². The lowest BCUT2D eigenvalue weighted by molar-refractivity contribution is -0.126. The van der Waals surface area contributed by atoms with E-state index < -0.39 is 10.9 Å². The second kappa shape index (κ2) is 17.4. The van der Waals surface area contributed by atoms with Crippen molar-refractivity contribution in [2.45, 2.75) is 103 Å². The van der Waals surface area contributed by atoms with E-state index in [1.165, 1.54) is 5.56 Å². The molecule has 4 aromatic carbocycles. The molecular formula is C48H65N5O2S. The molecule has 1 aliphatic rings. The van der Waals surface area contributed by atoms with E-state index in [9.17, 15) is 4.79 Å². The number of hydrogen-bond donors (Lipinski definition) is 1. The number of carbonyl (C=O) groups excluding carboxylic acids is 1. The van der Waals surface area contributed by atoms with E-state index in [0.717, 1.165) is 76.7 Å². The van der Waals surface area contributed by atoms with Crippen LogP contribution in [0.1, 0.15) is 109 Å². The Morgan fingerprint density at radius 2 is 1.27 bits per heavy atom. The van der Waals surface area contributed by atoms with Crippen molar-refractivity contribution in [3.8, 4) is 5.75 Å². The highest BCUT2D eigenvalue weighted by Crippen LogP contribution is 2.55. The van der Waals surface area contributed by atoms with Crippen LogP contribution in [0.2, 0.25) is 0 Å². The first kappa shape index (κ1) is 42.7. The fourth-order valence-electron chi connectivity index (χ4n) is 7.30. The van der Waals surface area contributed by atoms with Gasteiger partial charge in [-0.25, -0.2) is 4.99 Å².